The molecule has 0 saturated heterocycles. The smallest absolute Gasteiger partial charge is 0.325 e. The van der Waals surface area contributed by atoms with Gasteiger partial charge in [0.05, 0.1) is 0 Å². The maximum Gasteiger partial charge on any atom is 0.325 e. The lowest BCUT2D eigenvalue weighted by Crippen LogP contribution is -2.23. The number of hydrogen-bond donors (Lipinski definition) is 2. The van der Waals surface area contributed by atoms with E-state index in [-0.39, 0.29) is 5.48 Å². The van der Waals surface area contributed by atoms with Crippen molar-refractivity contribution in [2.45, 2.75) is 0 Å². The lowest BCUT2D eigenvalue weighted by molar-refractivity contribution is 0.597. The predicted molar refractivity (Wildman–Crippen MR) is 31.3 cm³/mol. The molecule has 0 amide bonds. The molecule has 0 fully saturated rings. The van der Waals surface area contributed by atoms with Gasteiger partial charge in [0.2, 0.25) is 5.82 Å². The zero-order valence-corrected chi connectivity index (χ0v) is 4.77. The summed E-state index contributed by atoms with van der Waals surface area (Å²) in [5, 5.41) is 0. The number of halogens is 1. The number of hydrogen-bond acceptors (Lipinski definition) is 2. The minimum absolute atomic E-state index is 0. The largest absolute Gasteiger partial charge is 0.412 e. The summed E-state index contributed by atoms with van der Waals surface area (Å²) in [5.74, 6) is -0.991. The first kappa shape index (κ1) is 8.57. The third-order valence-corrected chi connectivity index (χ3v) is 0.774. The highest BCUT2D eigenvalue weighted by Crippen LogP contribution is 1.74. The summed E-state index contributed by atoms with van der Waals surface area (Å²) in [6, 6.07) is 0. The first-order chi connectivity index (χ1) is 4.20. The van der Waals surface area contributed by atoms with E-state index in [2.05, 4.69) is 0 Å². The van der Waals surface area contributed by atoms with E-state index in [4.69, 9.17) is 0 Å². The van der Waals surface area contributed by atoms with Gasteiger partial charge in [-0.3, -0.25) is 9.78 Å². The molecule has 10 heavy (non-hydrogen) atoms. The van der Waals surface area contributed by atoms with E-state index in [1.54, 1.807) is 4.98 Å². The molecule has 5 nitrogen and oxygen atoms in total. The summed E-state index contributed by atoms with van der Waals surface area (Å²) in [4.78, 5) is 24.0. The van der Waals surface area contributed by atoms with Crippen LogP contribution in [0.25, 0.3) is 0 Å². The second kappa shape index (κ2) is 2.92. The molecule has 1 rings (SSSR count). The Morgan fingerprint density at radius 1 is 1.40 bits per heavy atom. The predicted octanol–water partition coefficient (Wildman–Crippen LogP) is -1.62. The molecule has 56 valence electrons. The molecule has 0 bridgehead atoms. The third kappa shape index (κ3) is 1.52. The normalized spacial score (nSPS) is 8.50. The van der Waals surface area contributed by atoms with Crippen LogP contribution in [0.1, 0.15) is 0 Å². The van der Waals surface area contributed by atoms with Crippen molar-refractivity contribution in [1.82, 2.24) is 9.97 Å². The van der Waals surface area contributed by atoms with Crippen LogP contribution in [-0.4, -0.2) is 15.4 Å². The van der Waals surface area contributed by atoms with Crippen LogP contribution in [-0.2, 0) is 0 Å². The van der Waals surface area contributed by atoms with Crippen molar-refractivity contribution < 1.29 is 9.87 Å². The quantitative estimate of drug-likeness (QED) is 0.462. The third-order valence-electron chi connectivity index (χ3n) is 0.774. The molecule has 0 aliphatic carbocycles. The van der Waals surface area contributed by atoms with Crippen molar-refractivity contribution in [1.29, 1.82) is 0 Å². The van der Waals surface area contributed by atoms with E-state index >= 15 is 0 Å². The second-order valence-electron chi connectivity index (χ2n) is 1.42. The Hall–Kier alpha value is -1.43. The van der Waals surface area contributed by atoms with Crippen molar-refractivity contribution in [2.24, 2.45) is 0 Å². The number of aromatic amines is 2. The van der Waals surface area contributed by atoms with Gasteiger partial charge in [-0.15, -0.1) is 0 Å². The van der Waals surface area contributed by atoms with Gasteiger partial charge in [0.25, 0.3) is 5.56 Å². The minimum atomic E-state index is -1.00. The number of nitrogens with one attached hydrogen (secondary N) is 2. The van der Waals surface area contributed by atoms with Crippen molar-refractivity contribution in [2.75, 3.05) is 0 Å². The van der Waals surface area contributed by atoms with Crippen LogP contribution >= 0.6 is 0 Å². The van der Waals surface area contributed by atoms with Crippen LogP contribution in [0.3, 0.4) is 0 Å². The summed E-state index contributed by atoms with van der Waals surface area (Å²) in [6.07, 6.45) is 0.709. The van der Waals surface area contributed by atoms with Crippen LogP contribution in [0.5, 0.6) is 0 Å². The Morgan fingerprint density at radius 3 is 2.40 bits per heavy atom. The number of aromatic nitrogens is 2. The Labute approximate surface area is 53.8 Å². The van der Waals surface area contributed by atoms with Gasteiger partial charge in [0, 0.05) is 6.20 Å². The first-order valence-corrected chi connectivity index (χ1v) is 2.17. The van der Waals surface area contributed by atoms with Crippen molar-refractivity contribution in [3.8, 4) is 0 Å². The van der Waals surface area contributed by atoms with Crippen LogP contribution in [0.2, 0.25) is 0 Å². The van der Waals surface area contributed by atoms with Gasteiger partial charge in [-0.1, -0.05) is 0 Å². The van der Waals surface area contributed by atoms with E-state index in [1.807, 2.05) is 4.98 Å². The summed E-state index contributed by atoms with van der Waals surface area (Å²) in [5.41, 5.74) is -1.71. The van der Waals surface area contributed by atoms with Crippen molar-refractivity contribution in [3.63, 3.8) is 0 Å². The van der Waals surface area contributed by atoms with Gasteiger partial charge in [-0.05, 0) is 0 Å². The molecule has 0 aliphatic rings. The summed E-state index contributed by atoms with van der Waals surface area (Å²) in [7, 11) is 0. The molecular formula is C4H5FN2O3. The van der Waals surface area contributed by atoms with Gasteiger partial charge in [0.1, 0.15) is 0 Å². The maximum absolute atomic E-state index is 12.0. The Morgan fingerprint density at radius 2 is 2.00 bits per heavy atom. The van der Waals surface area contributed by atoms with E-state index in [0.717, 1.165) is 0 Å². The molecule has 0 atom stereocenters. The van der Waals surface area contributed by atoms with E-state index < -0.39 is 17.1 Å². The van der Waals surface area contributed by atoms with E-state index in [1.165, 1.54) is 0 Å². The fourth-order valence-electron chi connectivity index (χ4n) is 0.393. The average Bonchev–Trinajstić information content (AvgIpc) is 1.80. The molecule has 0 aromatic carbocycles. The molecule has 0 unspecified atom stereocenters. The topological polar surface area (TPSA) is 97.2 Å². The molecule has 0 aliphatic heterocycles. The highest BCUT2D eigenvalue weighted by molar-refractivity contribution is 4.83. The lowest BCUT2D eigenvalue weighted by atomic mass is 10.6. The van der Waals surface area contributed by atoms with Crippen molar-refractivity contribution in [3.05, 3.63) is 32.9 Å². The van der Waals surface area contributed by atoms with Crippen LogP contribution in [0.4, 0.5) is 4.39 Å². The Kier molecular flexibility index (Phi) is 2.51. The highest BCUT2D eigenvalue weighted by Gasteiger charge is 1.93. The van der Waals surface area contributed by atoms with Crippen LogP contribution in [0.15, 0.2) is 15.8 Å². The molecule has 6 heteroatoms. The van der Waals surface area contributed by atoms with Gasteiger partial charge in [-0.2, -0.15) is 4.39 Å². The maximum atomic E-state index is 12.0. The fourth-order valence-corrected chi connectivity index (χ4v) is 0.393. The molecule has 1 heterocycles. The monoisotopic (exact) mass is 148 g/mol. The Balaban J connectivity index is 0.000000810. The molecule has 0 radical (unpaired) electrons. The van der Waals surface area contributed by atoms with E-state index in [9.17, 15) is 14.0 Å². The zero-order chi connectivity index (χ0) is 6.85. The van der Waals surface area contributed by atoms with E-state index in [0.29, 0.717) is 6.20 Å². The lowest BCUT2D eigenvalue weighted by Gasteiger charge is -1.81. The first-order valence-electron chi connectivity index (χ1n) is 2.17. The van der Waals surface area contributed by atoms with Gasteiger partial charge >= 0.3 is 5.69 Å². The summed E-state index contributed by atoms with van der Waals surface area (Å²) in [6.45, 7) is 0. The van der Waals surface area contributed by atoms with Crippen molar-refractivity contribution >= 4 is 0 Å². The van der Waals surface area contributed by atoms with Crippen LogP contribution in [0, 0.1) is 5.82 Å². The number of H-pyrrole nitrogens is 2. The summed E-state index contributed by atoms with van der Waals surface area (Å²) < 4.78 is 12.0. The standard InChI is InChI=1S/C4H3FN2O2.H2O/c5-2-1-6-4(9)7-3(2)8;/h1H,(H2,6,7,8,9);1H2. The molecule has 4 N–H and O–H groups in total. The van der Waals surface area contributed by atoms with Gasteiger partial charge in [0.15, 0.2) is 0 Å². The highest BCUT2D eigenvalue weighted by atomic mass is 19.1. The second-order valence-corrected chi connectivity index (χ2v) is 1.42. The molecular weight excluding hydrogens is 143 g/mol. The number of rotatable bonds is 0. The SMILES string of the molecule is O.O=c1[nH]cc(F)c(=O)[nH]1. The molecule has 1 aromatic heterocycles. The average molecular weight is 148 g/mol. The minimum Gasteiger partial charge on any atom is -0.412 e. The molecule has 0 spiro atoms. The van der Waals surface area contributed by atoms with Gasteiger partial charge < -0.3 is 10.5 Å². The molecule has 1 aromatic rings. The zero-order valence-electron chi connectivity index (χ0n) is 4.77. The van der Waals surface area contributed by atoms with Crippen LogP contribution < -0.4 is 11.2 Å². The summed E-state index contributed by atoms with van der Waals surface area (Å²) >= 11 is 0. The Bertz CT molecular complexity index is 315. The van der Waals surface area contributed by atoms with Gasteiger partial charge in [-0.25, -0.2) is 4.79 Å². The molecule has 0 saturated carbocycles. The fraction of sp³-hybridized carbons (Fsp3) is 0.